The summed E-state index contributed by atoms with van der Waals surface area (Å²) in [5.41, 5.74) is 0.227. The summed E-state index contributed by atoms with van der Waals surface area (Å²) in [4.78, 5) is 24.2. The number of rotatable bonds is 2. The van der Waals surface area contributed by atoms with Crippen LogP contribution in [0.5, 0.6) is 0 Å². The van der Waals surface area contributed by atoms with Gasteiger partial charge < -0.3 is 14.9 Å². The van der Waals surface area contributed by atoms with Crippen molar-refractivity contribution in [2.24, 2.45) is 0 Å². The number of likely N-dealkylation sites (tertiary alicyclic amines) is 1. The minimum Gasteiger partial charge on any atom is -0.389 e. The molecule has 0 aromatic carbocycles. The minimum atomic E-state index is -0.428. The van der Waals surface area contributed by atoms with Crippen LogP contribution < -0.4 is 4.90 Å². The average Bonchev–Trinajstić information content (AvgIpc) is 2.89. The second-order valence-electron chi connectivity index (χ2n) is 4.92. The van der Waals surface area contributed by atoms with Crippen LogP contribution in [0.25, 0.3) is 0 Å². The summed E-state index contributed by atoms with van der Waals surface area (Å²) in [5, 5.41) is 9.50. The Hall–Kier alpha value is -1.40. The van der Waals surface area contributed by atoms with E-state index in [4.69, 9.17) is 11.6 Å². The van der Waals surface area contributed by atoms with Gasteiger partial charge in [0.2, 0.25) is 5.95 Å². The van der Waals surface area contributed by atoms with E-state index in [1.807, 2.05) is 0 Å². The Morgan fingerprint density at radius 2 is 2.05 bits per heavy atom. The Kier molecular flexibility index (Phi) is 3.28. The van der Waals surface area contributed by atoms with Gasteiger partial charge in [-0.25, -0.2) is 9.97 Å². The topological polar surface area (TPSA) is 69.6 Å². The van der Waals surface area contributed by atoms with E-state index in [0.717, 1.165) is 25.9 Å². The summed E-state index contributed by atoms with van der Waals surface area (Å²) in [5.74, 6) is 0.324. The molecule has 19 heavy (non-hydrogen) atoms. The van der Waals surface area contributed by atoms with E-state index in [9.17, 15) is 9.90 Å². The van der Waals surface area contributed by atoms with Gasteiger partial charge in [0.1, 0.15) is 0 Å². The van der Waals surface area contributed by atoms with E-state index in [1.54, 1.807) is 0 Å². The molecule has 1 aromatic heterocycles. The highest BCUT2D eigenvalue weighted by atomic mass is 35.5. The van der Waals surface area contributed by atoms with Gasteiger partial charge in [0.15, 0.2) is 5.69 Å². The number of carbonyl (C=O) groups is 1. The van der Waals surface area contributed by atoms with Gasteiger partial charge in [0, 0.05) is 26.2 Å². The predicted molar refractivity (Wildman–Crippen MR) is 70.4 cm³/mol. The summed E-state index contributed by atoms with van der Waals surface area (Å²) in [6.07, 6.45) is 3.29. The molecule has 6 nitrogen and oxygen atoms in total. The Morgan fingerprint density at radius 1 is 1.37 bits per heavy atom. The number of amides is 1. The van der Waals surface area contributed by atoms with Crippen molar-refractivity contribution in [1.82, 2.24) is 14.9 Å². The molecule has 2 saturated heterocycles. The van der Waals surface area contributed by atoms with Crippen LogP contribution in [0.15, 0.2) is 6.20 Å². The highest BCUT2D eigenvalue weighted by Gasteiger charge is 2.32. The summed E-state index contributed by atoms with van der Waals surface area (Å²) in [7, 11) is 0. The van der Waals surface area contributed by atoms with Crippen molar-refractivity contribution in [3.63, 3.8) is 0 Å². The van der Waals surface area contributed by atoms with E-state index in [-0.39, 0.29) is 16.6 Å². The van der Waals surface area contributed by atoms with Gasteiger partial charge in [0.25, 0.3) is 5.91 Å². The second-order valence-corrected chi connectivity index (χ2v) is 5.33. The lowest BCUT2D eigenvalue weighted by atomic mass is 10.1. The number of aliphatic hydroxyl groups is 1. The van der Waals surface area contributed by atoms with Crippen molar-refractivity contribution in [2.45, 2.75) is 18.9 Å². The molecule has 0 radical (unpaired) electrons. The zero-order chi connectivity index (χ0) is 13.4. The highest BCUT2D eigenvalue weighted by Crippen LogP contribution is 2.22. The Labute approximate surface area is 116 Å². The van der Waals surface area contributed by atoms with Crippen LogP contribution in [-0.4, -0.2) is 58.2 Å². The van der Waals surface area contributed by atoms with Crippen molar-refractivity contribution in [3.05, 3.63) is 16.9 Å². The number of aliphatic hydroxyl groups excluding tert-OH is 1. The average molecular weight is 283 g/mol. The molecule has 0 atom stereocenters. The van der Waals surface area contributed by atoms with Crippen LogP contribution in [0.4, 0.5) is 5.95 Å². The molecule has 2 fully saturated rings. The van der Waals surface area contributed by atoms with Gasteiger partial charge in [-0.05, 0) is 12.8 Å². The maximum Gasteiger partial charge on any atom is 0.274 e. The number of hydrogen-bond acceptors (Lipinski definition) is 5. The molecule has 2 aliphatic rings. The molecule has 2 aliphatic heterocycles. The normalized spacial score (nSPS) is 19.7. The van der Waals surface area contributed by atoms with Crippen molar-refractivity contribution >= 4 is 23.5 Å². The van der Waals surface area contributed by atoms with E-state index in [2.05, 4.69) is 14.9 Å². The summed E-state index contributed by atoms with van der Waals surface area (Å²) >= 11 is 6.01. The van der Waals surface area contributed by atoms with Crippen LogP contribution >= 0.6 is 11.6 Å². The molecule has 102 valence electrons. The van der Waals surface area contributed by atoms with Gasteiger partial charge >= 0.3 is 0 Å². The molecule has 3 rings (SSSR count). The van der Waals surface area contributed by atoms with Crippen LogP contribution in [0.2, 0.25) is 5.02 Å². The second kappa shape index (κ2) is 4.94. The SMILES string of the molecule is O=C(c1nc(N2CCCC2)ncc1Cl)N1CC(O)C1. The molecule has 0 spiro atoms. The smallest absolute Gasteiger partial charge is 0.274 e. The number of nitrogens with zero attached hydrogens (tertiary/aromatic N) is 4. The van der Waals surface area contributed by atoms with Crippen molar-refractivity contribution in [2.75, 3.05) is 31.1 Å². The summed E-state index contributed by atoms with van der Waals surface area (Å²) < 4.78 is 0. The van der Waals surface area contributed by atoms with Crippen LogP contribution in [0.1, 0.15) is 23.3 Å². The first-order valence-electron chi connectivity index (χ1n) is 6.40. The number of halogens is 1. The molecule has 0 unspecified atom stereocenters. The number of β-amino-alcohol motifs (C(OH)–C–C–N with tert-alkyl or cyclic N) is 1. The molecular weight excluding hydrogens is 268 g/mol. The third kappa shape index (κ3) is 2.37. The first kappa shape index (κ1) is 12.6. The molecule has 0 bridgehead atoms. The van der Waals surface area contributed by atoms with Crippen LogP contribution in [0, 0.1) is 0 Å². The molecule has 1 aromatic rings. The molecule has 1 amide bonds. The largest absolute Gasteiger partial charge is 0.389 e. The van der Waals surface area contributed by atoms with Crippen LogP contribution in [-0.2, 0) is 0 Å². The molecular formula is C12H15ClN4O2. The van der Waals surface area contributed by atoms with Crippen molar-refractivity contribution in [3.8, 4) is 0 Å². The van der Waals surface area contributed by atoms with E-state index >= 15 is 0 Å². The third-order valence-electron chi connectivity index (χ3n) is 3.47. The Morgan fingerprint density at radius 3 is 2.68 bits per heavy atom. The van der Waals surface area contributed by atoms with Crippen LogP contribution in [0.3, 0.4) is 0 Å². The monoisotopic (exact) mass is 282 g/mol. The number of hydrogen-bond donors (Lipinski definition) is 1. The Balaban J connectivity index is 1.83. The number of anilines is 1. The van der Waals surface area contributed by atoms with E-state index in [1.165, 1.54) is 11.1 Å². The van der Waals surface area contributed by atoms with Gasteiger partial charge in [0.05, 0.1) is 17.3 Å². The maximum atomic E-state index is 12.2. The fourth-order valence-corrected chi connectivity index (χ4v) is 2.52. The summed E-state index contributed by atoms with van der Waals surface area (Å²) in [6, 6.07) is 0. The zero-order valence-electron chi connectivity index (χ0n) is 10.4. The standard InChI is InChI=1S/C12H15ClN4O2/c13-9-5-14-12(16-3-1-2-4-16)15-10(9)11(19)17-6-8(18)7-17/h5,8,18H,1-4,6-7H2. The molecule has 1 N–H and O–H groups in total. The number of carbonyl (C=O) groups excluding carboxylic acids is 1. The summed E-state index contributed by atoms with van der Waals surface area (Å²) in [6.45, 7) is 2.52. The fraction of sp³-hybridized carbons (Fsp3) is 0.583. The fourth-order valence-electron chi connectivity index (χ4n) is 2.35. The molecule has 7 heteroatoms. The van der Waals surface area contributed by atoms with Gasteiger partial charge in [-0.2, -0.15) is 0 Å². The maximum absolute atomic E-state index is 12.2. The first-order valence-corrected chi connectivity index (χ1v) is 6.78. The zero-order valence-corrected chi connectivity index (χ0v) is 11.2. The highest BCUT2D eigenvalue weighted by molar-refractivity contribution is 6.33. The lowest BCUT2D eigenvalue weighted by Crippen LogP contribution is -2.53. The van der Waals surface area contributed by atoms with Gasteiger partial charge in [-0.3, -0.25) is 4.79 Å². The van der Waals surface area contributed by atoms with E-state index < -0.39 is 6.10 Å². The minimum absolute atomic E-state index is 0.227. The lowest BCUT2D eigenvalue weighted by Gasteiger charge is -2.35. The Bertz CT molecular complexity index is 499. The predicted octanol–water partition coefficient (Wildman–Crippen LogP) is 0.547. The number of aromatic nitrogens is 2. The first-order chi connectivity index (χ1) is 9.15. The molecule has 3 heterocycles. The van der Waals surface area contributed by atoms with Gasteiger partial charge in [-0.1, -0.05) is 11.6 Å². The third-order valence-corrected chi connectivity index (χ3v) is 3.75. The van der Waals surface area contributed by atoms with Gasteiger partial charge in [-0.15, -0.1) is 0 Å². The molecule has 0 saturated carbocycles. The quantitative estimate of drug-likeness (QED) is 0.858. The lowest BCUT2D eigenvalue weighted by molar-refractivity contribution is 0.00551. The van der Waals surface area contributed by atoms with Crippen molar-refractivity contribution in [1.29, 1.82) is 0 Å². The van der Waals surface area contributed by atoms with E-state index in [0.29, 0.717) is 19.0 Å². The van der Waals surface area contributed by atoms with Crippen molar-refractivity contribution < 1.29 is 9.90 Å². The molecule has 0 aliphatic carbocycles.